The lowest BCUT2D eigenvalue weighted by Gasteiger charge is -2.23. The Morgan fingerprint density at radius 1 is 1.47 bits per heavy atom. The molecule has 102 valence electrons. The van der Waals surface area contributed by atoms with Crippen molar-refractivity contribution in [3.05, 3.63) is 0 Å². The molecule has 0 heterocycles. The van der Waals surface area contributed by atoms with Crippen LogP contribution in [0.3, 0.4) is 0 Å². The fourth-order valence-corrected chi connectivity index (χ4v) is 2.43. The van der Waals surface area contributed by atoms with Gasteiger partial charge in [-0.2, -0.15) is 17.5 Å². The van der Waals surface area contributed by atoms with Crippen molar-refractivity contribution in [1.82, 2.24) is 4.31 Å². The van der Waals surface area contributed by atoms with Crippen LogP contribution >= 0.6 is 0 Å². The molecule has 0 radical (unpaired) electrons. The Morgan fingerprint density at radius 2 is 1.94 bits per heavy atom. The van der Waals surface area contributed by atoms with Crippen molar-refractivity contribution in [1.29, 1.82) is 5.41 Å². The zero-order valence-electron chi connectivity index (χ0n) is 9.58. The van der Waals surface area contributed by atoms with E-state index in [2.05, 4.69) is 0 Å². The molecule has 1 atom stereocenters. The molecule has 0 spiro atoms. The molecule has 0 fully saturated rings. The van der Waals surface area contributed by atoms with Gasteiger partial charge in [0.25, 0.3) is 0 Å². The summed E-state index contributed by atoms with van der Waals surface area (Å²) in [5, 5.41) is 7.08. The first-order chi connectivity index (χ1) is 7.47. The number of amidine groups is 1. The summed E-state index contributed by atoms with van der Waals surface area (Å²) in [6, 6.07) is -0.856. The second kappa shape index (κ2) is 5.67. The van der Waals surface area contributed by atoms with Gasteiger partial charge in [0.2, 0.25) is 10.0 Å². The van der Waals surface area contributed by atoms with E-state index in [-0.39, 0.29) is 5.84 Å². The van der Waals surface area contributed by atoms with Gasteiger partial charge in [0.05, 0.1) is 11.8 Å². The first kappa shape index (κ1) is 16.2. The third kappa shape index (κ3) is 5.87. The minimum atomic E-state index is -4.36. The van der Waals surface area contributed by atoms with Gasteiger partial charge in [-0.3, -0.25) is 5.41 Å². The predicted octanol–water partition coefficient (Wildman–Crippen LogP) is 0.915. The van der Waals surface area contributed by atoms with Crippen LogP contribution in [0.1, 0.15) is 19.8 Å². The van der Waals surface area contributed by atoms with E-state index in [1.54, 1.807) is 0 Å². The molecule has 5 nitrogen and oxygen atoms in total. The Kier molecular flexibility index (Phi) is 5.40. The van der Waals surface area contributed by atoms with E-state index in [0.717, 1.165) is 4.31 Å². The van der Waals surface area contributed by atoms with Crippen LogP contribution in [-0.4, -0.2) is 43.6 Å². The molecule has 0 rings (SSSR count). The molecule has 0 aromatic heterocycles. The van der Waals surface area contributed by atoms with Crippen molar-refractivity contribution in [3.63, 3.8) is 0 Å². The number of halogens is 3. The van der Waals surface area contributed by atoms with Gasteiger partial charge in [0, 0.05) is 13.5 Å². The van der Waals surface area contributed by atoms with Crippen molar-refractivity contribution in [3.8, 4) is 0 Å². The standard InChI is InChI=1S/C8H16F3N3O2S/c1-6(7(12)13)14(2)17(15,16)5-3-4-8(9,10)11/h6H,3-5H2,1-2H3,(H3,12,13). The fourth-order valence-electron chi connectivity index (χ4n) is 1.04. The molecule has 0 aromatic rings. The number of nitrogens with two attached hydrogens (primary N) is 1. The van der Waals surface area contributed by atoms with Gasteiger partial charge in [0.1, 0.15) is 5.84 Å². The van der Waals surface area contributed by atoms with Gasteiger partial charge in [-0.1, -0.05) is 0 Å². The largest absolute Gasteiger partial charge is 0.389 e. The second-order valence-electron chi connectivity index (χ2n) is 3.68. The predicted molar refractivity (Wildman–Crippen MR) is 58.2 cm³/mol. The third-order valence-corrected chi connectivity index (χ3v) is 4.30. The number of hydrogen-bond acceptors (Lipinski definition) is 3. The van der Waals surface area contributed by atoms with Gasteiger partial charge in [-0.15, -0.1) is 0 Å². The Hall–Kier alpha value is -0.830. The van der Waals surface area contributed by atoms with Gasteiger partial charge >= 0.3 is 6.18 Å². The van der Waals surface area contributed by atoms with Gasteiger partial charge in [-0.05, 0) is 13.3 Å². The Balaban J connectivity index is 4.44. The van der Waals surface area contributed by atoms with E-state index >= 15 is 0 Å². The maximum Gasteiger partial charge on any atom is 0.389 e. The van der Waals surface area contributed by atoms with Crippen molar-refractivity contribution in [2.24, 2.45) is 5.73 Å². The Morgan fingerprint density at radius 3 is 2.29 bits per heavy atom. The summed E-state index contributed by atoms with van der Waals surface area (Å²) >= 11 is 0. The van der Waals surface area contributed by atoms with Crippen LogP contribution in [-0.2, 0) is 10.0 Å². The van der Waals surface area contributed by atoms with Crippen molar-refractivity contribution >= 4 is 15.9 Å². The average molecular weight is 275 g/mol. The van der Waals surface area contributed by atoms with Crippen LogP contribution < -0.4 is 5.73 Å². The number of nitrogens with zero attached hydrogens (tertiary/aromatic N) is 1. The molecule has 17 heavy (non-hydrogen) atoms. The average Bonchev–Trinajstić information content (AvgIpc) is 2.12. The monoisotopic (exact) mass is 275 g/mol. The SMILES string of the molecule is CC(C(=N)N)N(C)S(=O)(=O)CCCC(F)(F)F. The maximum absolute atomic E-state index is 11.9. The second-order valence-corrected chi connectivity index (χ2v) is 5.83. The van der Waals surface area contributed by atoms with Gasteiger partial charge in [-0.25, -0.2) is 8.42 Å². The molecule has 0 aliphatic rings. The lowest BCUT2D eigenvalue weighted by molar-refractivity contribution is -0.134. The minimum Gasteiger partial charge on any atom is -0.386 e. The van der Waals surface area contributed by atoms with Crippen LogP contribution in [0.5, 0.6) is 0 Å². The molecule has 0 aliphatic carbocycles. The Bertz CT molecular complexity index is 367. The van der Waals surface area contributed by atoms with Crippen LogP contribution in [0.2, 0.25) is 0 Å². The highest BCUT2D eigenvalue weighted by atomic mass is 32.2. The highest BCUT2D eigenvalue weighted by molar-refractivity contribution is 7.89. The smallest absolute Gasteiger partial charge is 0.386 e. The number of rotatable bonds is 6. The summed E-state index contributed by atoms with van der Waals surface area (Å²) in [6.45, 7) is 1.39. The summed E-state index contributed by atoms with van der Waals surface area (Å²) in [5.41, 5.74) is 5.13. The van der Waals surface area contributed by atoms with Crippen molar-refractivity contribution in [2.45, 2.75) is 32.0 Å². The van der Waals surface area contributed by atoms with Crippen molar-refractivity contribution < 1.29 is 21.6 Å². The number of alkyl halides is 3. The number of sulfonamides is 1. The summed E-state index contributed by atoms with van der Waals surface area (Å²) in [7, 11) is -2.62. The summed E-state index contributed by atoms with van der Waals surface area (Å²) in [4.78, 5) is 0. The number of nitrogens with one attached hydrogen (secondary N) is 1. The quantitative estimate of drug-likeness (QED) is 0.558. The van der Waals surface area contributed by atoms with E-state index < -0.39 is 40.8 Å². The molecular weight excluding hydrogens is 259 g/mol. The zero-order valence-corrected chi connectivity index (χ0v) is 10.4. The minimum absolute atomic E-state index is 0.355. The van der Waals surface area contributed by atoms with Gasteiger partial charge in [0.15, 0.2) is 0 Å². The lowest BCUT2D eigenvalue weighted by atomic mass is 10.3. The molecule has 3 N–H and O–H groups in total. The summed E-state index contributed by atoms with van der Waals surface area (Å²) in [6.07, 6.45) is -6.00. The molecule has 0 saturated carbocycles. The number of hydrogen-bond donors (Lipinski definition) is 2. The Labute approximate surface area is 98.3 Å². The van der Waals surface area contributed by atoms with Crippen LogP contribution in [0.15, 0.2) is 0 Å². The molecular formula is C8H16F3N3O2S. The van der Waals surface area contributed by atoms with E-state index in [0.29, 0.717) is 0 Å². The number of likely N-dealkylation sites (N-methyl/N-ethyl adjacent to an activating group) is 1. The summed E-state index contributed by atoms with van der Waals surface area (Å²) in [5.74, 6) is -0.965. The summed E-state index contributed by atoms with van der Waals surface area (Å²) < 4.78 is 59.5. The molecule has 0 amide bonds. The van der Waals surface area contributed by atoms with E-state index in [1.807, 2.05) is 0 Å². The van der Waals surface area contributed by atoms with Crippen molar-refractivity contribution in [2.75, 3.05) is 12.8 Å². The molecule has 0 aromatic carbocycles. The van der Waals surface area contributed by atoms with Crippen LogP contribution in [0, 0.1) is 5.41 Å². The van der Waals surface area contributed by atoms with E-state index in [9.17, 15) is 21.6 Å². The van der Waals surface area contributed by atoms with Gasteiger partial charge < -0.3 is 5.73 Å². The molecule has 0 aliphatic heterocycles. The highest BCUT2D eigenvalue weighted by Gasteiger charge is 2.29. The zero-order chi connectivity index (χ0) is 13.9. The highest BCUT2D eigenvalue weighted by Crippen LogP contribution is 2.22. The third-order valence-electron chi connectivity index (χ3n) is 2.30. The topological polar surface area (TPSA) is 87.2 Å². The first-order valence-corrected chi connectivity index (χ1v) is 6.44. The molecule has 0 bridgehead atoms. The molecule has 1 unspecified atom stereocenters. The fraction of sp³-hybridized carbons (Fsp3) is 0.875. The molecule has 9 heteroatoms. The van der Waals surface area contributed by atoms with Crippen LogP contribution in [0.4, 0.5) is 13.2 Å². The lowest BCUT2D eigenvalue weighted by Crippen LogP contribution is -2.44. The van der Waals surface area contributed by atoms with Crippen LogP contribution in [0.25, 0.3) is 0 Å². The van der Waals surface area contributed by atoms with E-state index in [1.165, 1.54) is 14.0 Å². The normalized spacial score (nSPS) is 14.9. The first-order valence-electron chi connectivity index (χ1n) is 4.84. The van der Waals surface area contributed by atoms with E-state index in [4.69, 9.17) is 11.1 Å². The molecule has 0 saturated heterocycles. The maximum atomic E-state index is 11.9.